The average Bonchev–Trinajstić information content (AvgIpc) is 2.61. The van der Waals surface area contributed by atoms with Crippen LogP contribution in [-0.2, 0) is 0 Å². The molecule has 1 aliphatic rings. The van der Waals surface area contributed by atoms with Crippen molar-refractivity contribution in [3.63, 3.8) is 0 Å². The maximum atomic E-state index is 13.8. The number of hydrogen-bond acceptors (Lipinski definition) is 4. The SMILES string of the molecule is Nc1cccc(C(O)CCN2CCN(c3ccccc3F)CC2)c1. The Morgan fingerprint density at radius 2 is 1.79 bits per heavy atom. The molecule has 2 aromatic carbocycles. The molecule has 1 atom stereocenters. The largest absolute Gasteiger partial charge is 0.399 e. The first-order chi connectivity index (χ1) is 11.6. The minimum absolute atomic E-state index is 0.164. The molecule has 3 N–H and O–H groups in total. The van der Waals surface area contributed by atoms with Gasteiger partial charge >= 0.3 is 0 Å². The van der Waals surface area contributed by atoms with Crippen LogP contribution in [0.4, 0.5) is 15.8 Å². The van der Waals surface area contributed by atoms with Gasteiger partial charge in [-0.05, 0) is 36.2 Å². The lowest BCUT2D eigenvalue weighted by Crippen LogP contribution is -2.47. The van der Waals surface area contributed by atoms with E-state index in [-0.39, 0.29) is 5.82 Å². The molecule has 0 bridgehead atoms. The van der Waals surface area contributed by atoms with Crippen molar-refractivity contribution in [2.45, 2.75) is 12.5 Å². The van der Waals surface area contributed by atoms with Gasteiger partial charge in [-0.15, -0.1) is 0 Å². The highest BCUT2D eigenvalue weighted by Crippen LogP contribution is 2.22. The normalized spacial score (nSPS) is 17.0. The summed E-state index contributed by atoms with van der Waals surface area (Å²) in [6, 6.07) is 14.3. The van der Waals surface area contributed by atoms with Crippen molar-refractivity contribution in [2.75, 3.05) is 43.4 Å². The minimum atomic E-state index is -0.502. The highest BCUT2D eigenvalue weighted by atomic mass is 19.1. The van der Waals surface area contributed by atoms with Gasteiger partial charge < -0.3 is 15.7 Å². The summed E-state index contributed by atoms with van der Waals surface area (Å²) in [5.74, 6) is -0.164. The topological polar surface area (TPSA) is 52.7 Å². The second-order valence-corrected chi connectivity index (χ2v) is 6.25. The number of hydrogen-bond donors (Lipinski definition) is 2. The molecule has 1 fully saturated rings. The number of aliphatic hydroxyl groups is 1. The second kappa shape index (κ2) is 7.64. The summed E-state index contributed by atoms with van der Waals surface area (Å²) in [6.07, 6.45) is 0.168. The van der Waals surface area contributed by atoms with E-state index in [0.717, 1.165) is 38.3 Å². The first kappa shape index (κ1) is 16.7. The molecule has 0 saturated carbocycles. The quantitative estimate of drug-likeness (QED) is 0.828. The molecule has 2 aromatic rings. The van der Waals surface area contributed by atoms with Gasteiger partial charge in [-0.2, -0.15) is 0 Å². The molecule has 1 heterocycles. The van der Waals surface area contributed by atoms with Crippen LogP contribution in [-0.4, -0.2) is 42.7 Å². The van der Waals surface area contributed by atoms with E-state index in [2.05, 4.69) is 9.80 Å². The number of benzene rings is 2. The first-order valence-corrected chi connectivity index (χ1v) is 8.39. The van der Waals surface area contributed by atoms with Gasteiger partial charge in [0.25, 0.3) is 0 Å². The average molecular weight is 329 g/mol. The Balaban J connectivity index is 1.48. The second-order valence-electron chi connectivity index (χ2n) is 6.25. The summed E-state index contributed by atoms with van der Waals surface area (Å²) in [7, 11) is 0. The van der Waals surface area contributed by atoms with E-state index in [0.29, 0.717) is 17.8 Å². The van der Waals surface area contributed by atoms with E-state index in [1.807, 2.05) is 36.4 Å². The highest BCUT2D eigenvalue weighted by Gasteiger charge is 2.20. The van der Waals surface area contributed by atoms with Gasteiger partial charge in [-0.3, -0.25) is 4.90 Å². The van der Waals surface area contributed by atoms with Crippen molar-refractivity contribution in [1.29, 1.82) is 0 Å². The summed E-state index contributed by atoms with van der Waals surface area (Å²) in [5.41, 5.74) is 7.97. The van der Waals surface area contributed by atoms with Gasteiger partial charge in [0.15, 0.2) is 0 Å². The predicted octanol–water partition coefficient (Wildman–Crippen LogP) is 2.65. The Labute approximate surface area is 142 Å². The third kappa shape index (κ3) is 4.04. The number of piperazine rings is 1. The molecule has 1 aliphatic heterocycles. The molecule has 0 amide bonds. The predicted molar refractivity (Wildman–Crippen MR) is 95.5 cm³/mol. The van der Waals surface area contributed by atoms with Gasteiger partial charge in [0.1, 0.15) is 5.82 Å². The van der Waals surface area contributed by atoms with Crippen LogP contribution in [0.15, 0.2) is 48.5 Å². The van der Waals surface area contributed by atoms with Gasteiger partial charge in [0, 0.05) is 38.4 Å². The van der Waals surface area contributed by atoms with E-state index in [4.69, 9.17) is 5.73 Å². The fourth-order valence-corrected chi connectivity index (χ4v) is 3.16. The maximum Gasteiger partial charge on any atom is 0.146 e. The van der Waals surface area contributed by atoms with E-state index in [1.54, 1.807) is 6.07 Å². The standard InChI is InChI=1S/C19H24FN3O/c20-17-6-1-2-7-18(17)23-12-10-22(11-13-23)9-8-19(24)15-4-3-5-16(21)14-15/h1-7,14,19,24H,8-13,21H2. The number of nitrogens with zero attached hydrogens (tertiary/aromatic N) is 2. The van der Waals surface area contributed by atoms with Crippen LogP contribution in [0.1, 0.15) is 18.1 Å². The number of nitrogen functional groups attached to an aromatic ring is 1. The number of halogens is 1. The van der Waals surface area contributed by atoms with Gasteiger partial charge in [0.2, 0.25) is 0 Å². The molecule has 0 radical (unpaired) electrons. The van der Waals surface area contributed by atoms with Crippen LogP contribution in [0.2, 0.25) is 0 Å². The van der Waals surface area contributed by atoms with Crippen molar-refractivity contribution in [3.8, 4) is 0 Å². The number of para-hydroxylation sites is 1. The Kier molecular flexibility index (Phi) is 5.33. The fourth-order valence-electron chi connectivity index (χ4n) is 3.16. The smallest absolute Gasteiger partial charge is 0.146 e. The maximum absolute atomic E-state index is 13.8. The van der Waals surface area contributed by atoms with E-state index >= 15 is 0 Å². The Bertz CT molecular complexity index is 671. The van der Waals surface area contributed by atoms with Gasteiger partial charge in [-0.1, -0.05) is 24.3 Å². The molecule has 1 unspecified atom stereocenters. The monoisotopic (exact) mass is 329 g/mol. The molecular formula is C19H24FN3O. The lowest BCUT2D eigenvalue weighted by molar-refractivity contribution is 0.139. The lowest BCUT2D eigenvalue weighted by Gasteiger charge is -2.36. The molecule has 1 saturated heterocycles. The zero-order chi connectivity index (χ0) is 16.9. The number of nitrogens with two attached hydrogens (primary N) is 1. The number of anilines is 2. The summed E-state index contributed by atoms with van der Waals surface area (Å²) in [6.45, 7) is 4.17. The summed E-state index contributed by atoms with van der Waals surface area (Å²) in [5, 5.41) is 10.3. The van der Waals surface area contributed by atoms with Crippen LogP contribution < -0.4 is 10.6 Å². The molecule has 3 rings (SSSR count). The lowest BCUT2D eigenvalue weighted by atomic mass is 10.1. The van der Waals surface area contributed by atoms with Crippen LogP contribution >= 0.6 is 0 Å². The Morgan fingerprint density at radius 1 is 1.04 bits per heavy atom. The van der Waals surface area contributed by atoms with Crippen molar-refractivity contribution in [1.82, 2.24) is 4.90 Å². The highest BCUT2D eigenvalue weighted by molar-refractivity contribution is 5.48. The molecule has 0 aliphatic carbocycles. The van der Waals surface area contributed by atoms with Crippen LogP contribution in [0, 0.1) is 5.82 Å². The van der Waals surface area contributed by atoms with Crippen LogP contribution in [0.3, 0.4) is 0 Å². The van der Waals surface area contributed by atoms with Crippen molar-refractivity contribution < 1.29 is 9.50 Å². The minimum Gasteiger partial charge on any atom is -0.399 e. The third-order valence-corrected chi connectivity index (χ3v) is 4.58. The Hall–Kier alpha value is -2.11. The molecule has 0 aromatic heterocycles. The number of rotatable bonds is 5. The van der Waals surface area contributed by atoms with E-state index in [1.165, 1.54) is 6.07 Å². The summed E-state index contributed by atoms with van der Waals surface area (Å²) < 4.78 is 13.8. The molecule has 5 heteroatoms. The molecule has 4 nitrogen and oxygen atoms in total. The van der Waals surface area contributed by atoms with Crippen LogP contribution in [0.25, 0.3) is 0 Å². The van der Waals surface area contributed by atoms with E-state index < -0.39 is 6.10 Å². The first-order valence-electron chi connectivity index (χ1n) is 8.39. The van der Waals surface area contributed by atoms with E-state index in [9.17, 15) is 9.50 Å². The fraction of sp³-hybridized carbons (Fsp3) is 0.368. The zero-order valence-corrected chi connectivity index (χ0v) is 13.7. The van der Waals surface area contributed by atoms with Crippen LogP contribution in [0.5, 0.6) is 0 Å². The van der Waals surface area contributed by atoms with Crippen molar-refractivity contribution >= 4 is 11.4 Å². The van der Waals surface area contributed by atoms with Gasteiger partial charge in [0.05, 0.1) is 11.8 Å². The third-order valence-electron chi connectivity index (χ3n) is 4.58. The molecule has 0 spiro atoms. The summed E-state index contributed by atoms with van der Waals surface area (Å²) >= 11 is 0. The van der Waals surface area contributed by atoms with Crippen molar-refractivity contribution in [3.05, 3.63) is 59.9 Å². The molecule has 128 valence electrons. The van der Waals surface area contributed by atoms with Gasteiger partial charge in [-0.25, -0.2) is 4.39 Å². The summed E-state index contributed by atoms with van der Waals surface area (Å²) in [4.78, 5) is 4.40. The zero-order valence-electron chi connectivity index (χ0n) is 13.7. The Morgan fingerprint density at radius 3 is 2.50 bits per heavy atom. The molecular weight excluding hydrogens is 305 g/mol. The number of aliphatic hydroxyl groups excluding tert-OH is 1. The van der Waals surface area contributed by atoms with Crippen molar-refractivity contribution in [2.24, 2.45) is 0 Å². The molecule has 24 heavy (non-hydrogen) atoms.